The highest BCUT2D eigenvalue weighted by Gasteiger charge is 2.11. The van der Waals surface area contributed by atoms with E-state index in [2.05, 4.69) is 5.32 Å². The van der Waals surface area contributed by atoms with Crippen molar-refractivity contribution in [2.45, 2.75) is 20.8 Å². The predicted octanol–water partition coefficient (Wildman–Crippen LogP) is 4.22. The Hall–Kier alpha value is -2.38. The lowest BCUT2D eigenvalue weighted by Gasteiger charge is -2.08. The van der Waals surface area contributed by atoms with Gasteiger partial charge in [0.25, 0.3) is 5.91 Å². The second kappa shape index (κ2) is 6.38. The van der Waals surface area contributed by atoms with Crippen LogP contribution < -0.4 is 5.32 Å². The van der Waals surface area contributed by atoms with E-state index in [-0.39, 0.29) is 11.5 Å². The van der Waals surface area contributed by atoms with E-state index in [0.717, 1.165) is 26.6 Å². The van der Waals surface area contributed by atoms with Crippen molar-refractivity contribution in [3.05, 3.63) is 56.8 Å². The molecule has 1 heterocycles. The van der Waals surface area contributed by atoms with Crippen LogP contribution in [0, 0.1) is 32.1 Å². The summed E-state index contributed by atoms with van der Waals surface area (Å²) in [5.41, 5.74) is 2.95. The van der Waals surface area contributed by atoms with Crippen molar-refractivity contribution >= 4 is 29.0 Å². The molecule has 0 unspecified atom stereocenters. The molecule has 3 nitrogen and oxygen atoms in total. The number of aryl methyl sites for hydroxylation is 3. The van der Waals surface area contributed by atoms with Crippen molar-refractivity contribution < 1.29 is 4.79 Å². The first-order valence-electron chi connectivity index (χ1n) is 6.56. The predicted molar refractivity (Wildman–Crippen MR) is 87.2 cm³/mol. The van der Waals surface area contributed by atoms with Gasteiger partial charge in [-0.15, -0.1) is 11.3 Å². The molecular formula is C17H16N2OS. The number of nitrogens with one attached hydrogen (secondary N) is 1. The standard InChI is InChI=1S/C17H16N2OS/c1-11-4-7-16(12(2)8-11)19-17(20)14(10-18)9-15-6-5-13(3)21-15/h4-9H,1-3H3,(H,19,20). The van der Waals surface area contributed by atoms with E-state index in [1.807, 2.05) is 57.2 Å². The number of carbonyl (C=O) groups is 1. The van der Waals surface area contributed by atoms with Crippen LogP contribution >= 0.6 is 11.3 Å². The Balaban J connectivity index is 2.21. The lowest BCUT2D eigenvalue weighted by atomic mass is 10.1. The van der Waals surface area contributed by atoms with Gasteiger partial charge < -0.3 is 5.32 Å². The van der Waals surface area contributed by atoms with Crippen molar-refractivity contribution in [1.29, 1.82) is 5.26 Å². The molecule has 0 fully saturated rings. The van der Waals surface area contributed by atoms with Gasteiger partial charge in [-0.25, -0.2) is 0 Å². The number of anilines is 1. The van der Waals surface area contributed by atoms with Crippen LogP contribution in [0.2, 0.25) is 0 Å². The Morgan fingerprint density at radius 3 is 2.57 bits per heavy atom. The van der Waals surface area contributed by atoms with Crippen molar-refractivity contribution in [3.8, 4) is 6.07 Å². The van der Waals surface area contributed by atoms with E-state index >= 15 is 0 Å². The Bertz CT molecular complexity index is 750. The van der Waals surface area contributed by atoms with Crippen LogP contribution in [-0.4, -0.2) is 5.91 Å². The fraction of sp³-hybridized carbons (Fsp3) is 0.176. The zero-order chi connectivity index (χ0) is 15.4. The number of rotatable bonds is 3. The molecule has 0 saturated carbocycles. The van der Waals surface area contributed by atoms with Gasteiger partial charge in [-0.1, -0.05) is 17.7 Å². The van der Waals surface area contributed by atoms with Gasteiger partial charge in [-0.2, -0.15) is 5.26 Å². The van der Waals surface area contributed by atoms with Crippen LogP contribution in [0.25, 0.3) is 6.08 Å². The molecule has 0 aliphatic heterocycles. The molecule has 106 valence electrons. The number of thiophene rings is 1. The van der Waals surface area contributed by atoms with Crippen LogP contribution in [0.3, 0.4) is 0 Å². The molecule has 0 saturated heterocycles. The Labute approximate surface area is 128 Å². The molecule has 1 aromatic heterocycles. The molecule has 0 radical (unpaired) electrons. The van der Waals surface area contributed by atoms with E-state index < -0.39 is 0 Å². The van der Waals surface area contributed by atoms with Crippen molar-refractivity contribution in [1.82, 2.24) is 0 Å². The fourth-order valence-corrected chi connectivity index (χ4v) is 2.79. The summed E-state index contributed by atoms with van der Waals surface area (Å²) in [7, 11) is 0. The first-order valence-corrected chi connectivity index (χ1v) is 7.38. The molecule has 2 rings (SSSR count). The van der Waals surface area contributed by atoms with E-state index in [4.69, 9.17) is 0 Å². The SMILES string of the molecule is Cc1ccc(NC(=O)C(C#N)=Cc2ccc(C)s2)c(C)c1. The lowest BCUT2D eigenvalue weighted by Crippen LogP contribution is -2.14. The maximum absolute atomic E-state index is 12.2. The van der Waals surface area contributed by atoms with Gasteiger partial charge in [-0.3, -0.25) is 4.79 Å². The van der Waals surface area contributed by atoms with Gasteiger partial charge in [0, 0.05) is 15.4 Å². The Morgan fingerprint density at radius 1 is 1.24 bits per heavy atom. The second-order valence-electron chi connectivity index (χ2n) is 4.89. The third-order valence-electron chi connectivity index (χ3n) is 3.04. The maximum Gasteiger partial charge on any atom is 0.266 e. The summed E-state index contributed by atoms with van der Waals surface area (Å²) in [5, 5.41) is 12.0. The van der Waals surface area contributed by atoms with Crippen molar-refractivity contribution in [2.75, 3.05) is 5.32 Å². The van der Waals surface area contributed by atoms with Gasteiger partial charge in [0.15, 0.2) is 0 Å². The van der Waals surface area contributed by atoms with Gasteiger partial charge in [0.1, 0.15) is 11.6 Å². The molecule has 0 aliphatic carbocycles. The minimum absolute atomic E-state index is 0.108. The summed E-state index contributed by atoms with van der Waals surface area (Å²) in [6.07, 6.45) is 1.62. The molecule has 21 heavy (non-hydrogen) atoms. The largest absolute Gasteiger partial charge is 0.321 e. The van der Waals surface area contributed by atoms with E-state index in [1.165, 1.54) is 0 Å². The summed E-state index contributed by atoms with van der Waals surface area (Å²) in [5.74, 6) is -0.379. The van der Waals surface area contributed by atoms with Gasteiger partial charge in [-0.05, 0) is 50.6 Å². The fourth-order valence-electron chi connectivity index (χ4n) is 1.97. The summed E-state index contributed by atoms with van der Waals surface area (Å²) < 4.78 is 0. The number of benzene rings is 1. The third kappa shape index (κ3) is 3.80. The minimum Gasteiger partial charge on any atom is -0.321 e. The average Bonchev–Trinajstić information content (AvgIpc) is 2.84. The van der Waals surface area contributed by atoms with Gasteiger partial charge in [0.05, 0.1) is 0 Å². The van der Waals surface area contributed by atoms with Crippen LogP contribution in [0.15, 0.2) is 35.9 Å². The number of carbonyl (C=O) groups excluding carboxylic acids is 1. The first kappa shape index (κ1) is 15.0. The third-order valence-corrected chi connectivity index (χ3v) is 3.99. The molecule has 0 spiro atoms. The lowest BCUT2D eigenvalue weighted by molar-refractivity contribution is -0.112. The zero-order valence-electron chi connectivity index (χ0n) is 12.2. The topological polar surface area (TPSA) is 52.9 Å². The number of nitriles is 1. The zero-order valence-corrected chi connectivity index (χ0v) is 13.0. The smallest absolute Gasteiger partial charge is 0.266 e. The van der Waals surface area contributed by atoms with Crippen LogP contribution in [0.1, 0.15) is 20.9 Å². The Kier molecular flexibility index (Phi) is 4.56. The van der Waals surface area contributed by atoms with E-state index in [9.17, 15) is 10.1 Å². The van der Waals surface area contributed by atoms with Crippen LogP contribution in [0.4, 0.5) is 5.69 Å². The summed E-state index contributed by atoms with van der Waals surface area (Å²) >= 11 is 1.55. The molecular weight excluding hydrogens is 280 g/mol. The highest BCUT2D eigenvalue weighted by molar-refractivity contribution is 7.12. The van der Waals surface area contributed by atoms with Gasteiger partial charge in [0.2, 0.25) is 0 Å². The number of amides is 1. The average molecular weight is 296 g/mol. The molecule has 0 bridgehead atoms. The maximum atomic E-state index is 12.2. The number of hydrogen-bond acceptors (Lipinski definition) is 3. The molecule has 0 aliphatic rings. The van der Waals surface area contributed by atoms with Crippen molar-refractivity contribution in [3.63, 3.8) is 0 Å². The molecule has 1 aromatic carbocycles. The van der Waals surface area contributed by atoms with E-state index in [0.29, 0.717) is 0 Å². The molecule has 0 atom stereocenters. The molecule has 2 aromatic rings. The Morgan fingerprint density at radius 2 is 2.00 bits per heavy atom. The quantitative estimate of drug-likeness (QED) is 0.681. The normalized spacial score (nSPS) is 11.0. The summed E-state index contributed by atoms with van der Waals surface area (Å²) in [4.78, 5) is 14.2. The second-order valence-corrected chi connectivity index (χ2v) is 6.21. The summed E-state index contributed by atoms with van der Waals surface area (Å²) in [6, 6.07) is 11.6. The monoisotopic (exact) mass is 296 g/mol. The highest BCUT2D eigenvalue weighted by atomic mass is 32.1. The van der Waals surface area contributed by atoms with Crippen molar-refractivity contribution in [2.24, 2.45) is 0 Å². The van der Waals surface area contributed by atoms with Gasteiger partial charge >= 0.3 is 0 Å². The summed E-state index contributed by atoms with van der Waals surface area (Å²) in [6.45, 7) is 5.92. The number of nitrogens with zero attached hydrogens (tertiary/aromatic N) is 1. The first-order chi connectivity index (χ1) is 9.99. The van der Waals surface area contributed by atoms with Crippen LogP contribution in [-0.2, 0) is 4.79 Å². The minimum atomic E-state index is -0.379. The molecule has 1 amide bonds. The van der Waals surface area contributed by atoms with Crippen LogP contribution in [0.5, 0.6) is 0 Å². The highest BCUT2D eigenvalue weighted by Crippen LogP contribution is 2.20. The molecule has 1 N–H and O–H groups in total. The molecule has 4 heteroatoms. The van der Waals surface area contributed by atoms with E-state index in [1.54, 1.807) is 17.4 Å². The number of hydrogen-bond donors (Lipinski definition) is 1.